The fourth-order valence-electron chi connectivity index (χ4n) is 3.45. The third-order valence-electron chi connectivity index (χ3n) is 5.03. The molecule has 2 amide bonds. The quantitative estimate of drug-likeness (QED) is 0.780. The highest BCUT2D eigenvalue weighted by Crippen LogP contribution is 2.16. The lowest BCUT2D eigenvalue weighted by atomic mass is 10.1. The second-order valence-electron chi connectivity index (χ2n) is 7.14. The van der Waals surface area contributed by atoms with Crippen LogP contribution in [0.1, 0.15) is 28.9 Å². The van der Waals surface area contributed by atoms with Gasteiger partial charge in [-0.05, 0) is 32.0 Å². The molecular formula is C20H27N5O3. The third kappa shape index (κ3) is 4.32. The van der Waals surface area contributed by atoms with Crippen molar-refractivity contribution in [2.45, 2.75) is 27.3 Å². The number of aromatic nitrogens is 3. The molecule has 8 nitrogen and oxygen atoms in total. The standard InChI is InChI=1S/C20H27N5O3/c1-14(13-25-16(3)21-15(2)22-25)19(26)23-8-10-24(11-9-23)20(27)17-6-5-7-18(12-17)28-4/h5-7,12,14H,8-11,13H2,1-4H3. The molecule has 2 aromatic rings. The number of methoxy groups -OCH3 is 1. The van der Waals surface area contributed by atoms with Crippen LogP contribution in [0.5, 0.6) is 5.75 Å². The van der Waals surface area contributed by atoms with E-state index >= 15 is 0 Å². The maximum Gasteiger partial charge on any atom is 0.254 e. The van der Waals surface area contributed by atoms with Crippen LogP contribution >= 0.6 is 0 Å². The van der Waals surface area contributed by atoms with Gasteiger partial charge in [0.1, 0.15) is 17.4 Å². The molecule has 28 heavy (non-hydrogen) atoms. The lowest BCUT2D eigenvalue weighted by molar-refractivity contribution is -0.137. The summed E-state index contributed by atoms with van der Waals surface area (Å²) < 4.78 is 6.97. The van der Waals surface area contributed by atoms with E-state index in [-0.39, 0.29) is 17.7 Å². The van der Waals surface area contributed by atoms with Crippen molar-refractivity contribution >= 4 is 11.8 Å². The number of hydrogen-bond donors (Lipinski definition) is 0. The topological polar surface area (TPSA) is 80.6 Å². The average molecular weight is 385 g/mol. The van der Waals surface area contributed by atoms with Crippen molar-refractivity contribution in [3.63, 3.8) is 0 Å². The molecule has 0 spiro atoms. The largest absolute Gasteiger partial charge is 0.497 e. The highest BCUT2D eigenvalue weighted by atomic mass is 16.5. The minimum atomic E-state index is -0.194. The number of carbonyl (C=O) groups excluding carboxylic acids is 2. The smallest absolute Gasteiger partial charge is 0.254 e. The number of carbonyl (C=O) groups is 2. The van der Waals surface area contributed by atoms with Gasteiger partial charge in [-0.1, -0.05) is 13.0 Å². The first-order chi connectivity index (χ1) is 13.4. The van der Waals surface area contributed by atoms with Crippen molar-refractivity contribution in [1.82, 2.24) is 24.6 Å². The van der Waals surface area contributed by atoms with Crippen LogP contribution in [0.25, 0.3) is 0 Å². The van der Waals surface area contributed by atoms with Gasteiger partial charge in [0.25, 0.3) is 5.91 Å². The summed E-state index contributed by atoms with van der Waals surface area (Å²) in [5, 5.41) is 4.33. The molecule has 0 radical (unpaired) electrons. The summed E-state index contributed by atoms with van der Waals surface area (Å²) in [6.45, 7) is 8.27. The van der Waals surface area contributed by atoms with Crippen LogP contribution in [0.4, 0.5) is 0 Å². The van der Waals surface area contributed by atoms with E-state index in [0.29, 0.717) is 49.9 Å². The summed E-state index contributed by atoms with van der Waals surface area (Å²) in [7, 11) is 1.58. The molecule has 1 aromatic heterocycles. The Bertz CT molecular complexity index is 855. The number of amides is 2. The Labute approximate surface area is 165 Å². The van der Waals surface area contributed by atoms with E-state index in [1.807, 2.05) is 31.7 Å². The van der Waals surface area contributed by atoms with E-state index in [0.717, 1.165) is 5.82 Å². The Kier molecular flexibility index (Phi) is 5.96. The molecule has 8 heteroatoms. The van der Waals surface area contributed by atoms with Gasteiger partial charge in [-0.15, -0.1) is 0 Å². The summed E-state index contributed by atoms with van der Waals surface area (Å²) in [5.74, 6) is 2.04. The van der Waals surface area contributed by atoms with Crippen LogP contribution < -0.4 is 4.74 Å². The molecule has 1 aliphatic heterocycles. The first kappa shape index (κ1) is 19.9. The maximum atomic E-state index is 12.8. The third-order valence-corrected chi connectivity index (χ3v) is 5.03. The van der Waals surface area contributed by atoms with Crippen molar-refractivity contribution in [2.24, 2.45) is 5.92 Å². The molecule has 0 aliphatic carbocycles. The van der Waals surface area contributed by atoms with Crippen molar-refractivity contribution in [3.05, 3.63) is 41.5 Å². The van der Waals surface area contributed by atoms with Crippen LogP contribution in [0.15, 0.2) is 24.3 Å². The summed E-state index contributed by atoms with van der Waals surface area (Å²) in [6, 6.07) is 7.14. The normalized spacial score (nSPS) is 15.4. The zero-order valence-electron chi connectivity index (χ0n) is 16.9. The number of rotatable bonds is 5. The molecule has 1 aliphatic rings. The zero-order valence-corrected chi connectivity index (χ0v) is 16.9. The van der Waals surface area contributed by atoms with Crippen molar-refractivity contribution in [1.29, 1.82) is 0 Å². The van der Waals surface area contributed by atoms with E-state index in [1.54, 1.807) is 34.9 Å². The number of piperazine rings is 1. The van der Waals surface area contributed by atoms with Crippen LogP contribution in [-0.4, -0.2) is 69.7 Å². The van der Waals surface area contributed by atoms with Gasteiger partial charge >= 0.3 is 0 Å². The van der Waals surface area contributed by atoms with Gasteiger partial charge in [-0.25, -0.2) is 9.67 Å². The van der Waals surface area contributed by atoms with Gasteiger partial charge in [0.15, 0.2) is 0 Å². The molecule has 1 unspecified atom stereocenters. The Morgan fingerprint density at radius 2 is 1.82 bits per heavy atom. The zero-order chi connectivity index (χ0) is 20.3. The second kappa shape index (κ2) is 8.41. The Morgan fingerprint density at radius 1 is 1.14 bits per heavy atom. The summed E-state index contributed by atoms with van der Waals surface area (Å²) in [5.41, 5.74) is 0.601. The van der Waals surface area contributed by atoms with Crippen molar-refractivity contribution in [3.8, 4) is 5.75 Å². The minimum absolute atomic E-state index is 0.0345. The predicted octanol–water partition coefficient (Wildman–Crippen LogP) is 1.52. The van der Waals surface area contributed by atoms with E-state index in [2.05, 4.69) is 10.1 Å². The minimum Gasteiger partial charge on any atom is -0.497 e. The fourth-order valence-corrected chi connectivity index (χ4v) is 3.45. The highest BCUT2D eigenvalue weighted by molar-refractivity contribution is 5.94. The summed E-state index contributed by atoms with van der Waals surface area (Å²) >= 11 is 0. The Morgan fingerprint density at radius 3 is 2.43 bits per heavy atom. The lowest BCUT2D eigenvalue weighted by Crippen LogP contribution is -2.52. The molecule has 1 fully saturated rings. The second-order valence-corrected chi connectivity index (χ2v) is 7.14. The number of aryl methyl sites for hydroxylation is 2. The van der Waals surface area contributed by atoms with E-state index in [9.17, 15) is 9.59 Å². The van der Waals surface area contributed by atoms with Gasteiger partial charge in [-0.3, -0.25) is 9.59 Å². The van der Waals surface area contributed by atoms with Crippen LogP contribution in [0.2, 0.25) is 0 Å². The lowest BCUT2D eigenvalue weighted by Gasteiger charge is -2.36. The number of benzene rings is 1. The fraction of sp³-hybridized carbons (Fsp3) is 0.500. The van der Waals surface area contributed by atoms with Crippen molar-refractivity contribution in [2.75, 3.05) is 33.3 Å². The number of hydrogen-bond acceptors (Lipinski definition) is 5. The van der Waals surface area contributed by atoms with Gasteiger partial charge < -0.3 is 14.5 Å². The Balaban J connectivity index is 1.56. The van der Waals surface area contributed by atoms with Crippen LogP contribution in [-0.2, 0) is 11.3 Å². The van der Waals surface area contributed by atoms with Crippen LogP contribution in [0.3, 0.4) is 0 Å². The first-order valence-corrected chi connectivity index (χ1v) is 9.49. The first-order valence-electron chi connectivity index (χ1n) is 9.49. The molecular weight excluding hydrogens is 358 g/mol. The number of ether oxygens (including phenoxy) is 1. The van der Waals surface area contributed by atoms with E-state index in [1.165, 1.54) is 0 Å². The summed E-state index contributed by atoms with van der Waals surface area (Å²) in [6.07, 6.45) is 0. The average Bonchev–Trinajstić information content (AvgIpc) is 3.03. The van der Waals surface area contributed by atoms with Gasteiger partial charge in [0, 0.05) is 31.7 Å². The van der Waals surface area contributed by atoms with Crippen LogP contribution in [0, 0.1) is 19.8 Å². The van der Waals surface area contributed by atoms with E-state index < -0.39 is 0 Å². The maximum absolute atomic E-state index is 12.8. The molecule has 1 aromatic carbocycles. The number of nitrogens with zero attached hydrogens (tertiary/aromatic N) is 5. The predicted molar refractivity (Wildman–Crippen MR) is 104 cm³/mol. The van der Waals surface area contributed by atoms with E-state index in [4.69, 9.17) is 4.74 Å². The molecule has 150 valence electrons. The SMILES string of the molecule is COc1cccc(C(=O)N2CCN(C(=O)C(C)Cn3nc(C)nc3C)CC2)c1. The Hall–Kier alpha value is -2.90. The molecule has 1 atom stereocenters. The molecule has 0 N–H and O–H groups in total. The van der Waals surface area contributed by atoms with Gasteiger partial charge in [0.2, 0.25) is 5.91 Å². The molecule has 0 bridgehead atoms. The highest BCUT2D eigenvalue weighted by Gasteiger charge is 2.28. The molecule has 1 saturated heterocycles. The van der Waals surface area contributed by atoms with Gasteiger partial charge in [0.05, 0.1) is 19.6 Å². The molecule has 2 heterocycles. The molecule has 0 saturated carbocycles. The van der Waals surface area contributed by atoms with Gasteiger partial charge in [-0.2, -0.15) is 5.10 Å². The van der Waals surface area contributed by atoms with Crippen molar-refractivity contribution < 1.29 is 14.3 Å². The molecule has 3 rings (SSSR count). The monoisotopic (exact) mass is 385 g/mol. The summed E-state index contributed by atoms with van der Waals surface area (Å²) in [4.78, 5) is 33.4.